The zero-order valence-corrected chi connectivity index (χ0v) is 14.0. The summed E-state index contributed by atoms with van der Waals surface area (Å²) in [5, 5.41) is 1.10. The number of primary amides is 1. The van der Waals surface area contributed by atoms with Gasteiger partial charge in [-0.3, -0.25) is 9.78 Å². The van der Waals surface area contributed by atoms with Gasteiger partial charge in [-0.1, -0.05) is 60.7 Å². The van der Waals surface area contributed by atoms with E-state index in [1.54, 1.807) is 0 Å². The number of pyridine rings is 1. The third kappa shape index (κ3) is 2.07. The molecule has 1 unspecified atom stereocenters. The lowest BCUT2D eigenvalue weighted by Crippen LogP contribution is -2.20. The first-order valence-corrected chi connectivity index (χ1v) is 8.61. The fourth-order valence-electron chi connectivity index (χ4n) is 4.02. The third-order valence-corrected chi connectivity index (χ3v) is 5.13. The number of carbonyl (C=O) groups is 1. The van der Waals surface area contributed by atoms with Crippen LogP contribution in [0.1, 0.15) is 17.0 Å². The summed E-state index contributed by atoms with van der Waals surface area (Å²) in [5.41, 5.74) is 13.0. The van der Waals surface area contributed by atoms with Gasteiger partial charge in [-0.2, -0.15) is 0 Å². The molecule has 1 aromatic heterocycles. The normalized spacial score (nSPS) is 14.8. The van der Waals surface area contributed by atoms with Crippen LogP contribution in [-0.4, -0.2) is 10.9 Å². The van der Waals surface area contributed by atoms with Gasteiger partial charge in [0.2, 0.25) is 5.91 Å². The van der Waals surface area contributed by atoms with Gasteiger partial charge >= 0.3 is 0 Å². The monoisotopic (exact) mass is 336 g/mol. The smallest absolute Gasteiger partial charge is 0.229 e. The summed E-state index contributed by atoms with van der Waals surface area (Å²) < 4.78 is 0. The Labute approximate surface area is 151 Å². The summed E-state index contributed by atoms with van der Waals surface area (Å²) in [5.74, 6) is -0.709. The first-order chi connectivity index (χ1) is 12.7. The Bertz CT molecular complexity index is 1180. The highest BCUT2D eigenvalue weighted by Crippen LogP contribution is 2.48. The molecule has 4 aromatic rings. The zero-order chi connectivity index (χ0) is 17.7. The van der Waals surface area contributed by atoms with E-state index in [1.165, 1.54) is 0 Å². The molecule has 0 bridgehead atoms. The molecule has 2 N–H and O–H groups in total. The van der Waals surface area contributed by atoms with Crippen LogP contribution in [0.3, 0.4) is 0 Å². The second-order valence-electron chi connectivity index (χ2n) is 6.61. The van der Waals surface area contributed by atoms with Gasteiger partial charge in [0.1, 0.15) is 0 Å². The molecule has 3 aromatic carbocycles. The van der Waals surface area contributed by atoms with Gasteiger partial charge in [0.15, 0.2) is 0 Å². The molecule has 0 spiro atoms. The lowest BCUT2D eigenvalue weighted by Gasteiger charge is -2.12. The molecule has 0 aliphatic heterocycles. The third-order valence-electron chi connectivity index (χ3n) is 5.13. The van der Waals surface area contributed by atoms with E-state index in [9.17, 15) is 4.79 Å². The quantitative estimate of drug-likeness (QED) is 0.586. The highest BCUT2D eigenvalue weighted by molar-refractivity contribution is 6.00. The maximum absolute atomic E-state index is 12.2. The minimum atomic E-state index is -0.394. The Balaban J connectivity index is 1.80. The summed E-state index contributed by atoms with van der Waals surface area (Å²) in [6.07, 6.45) is 1.90. The lowest BCUT2D eigenvalue weighted by molar-refractivity contribution is -0.118. The average Bonchev–Trinajstić information content (AvgIpc) is 3.02. The summed E-state index contributed by atoms with van der Waals surface area (Å²) in [7, 11) is 0. The predicted octanol–water partition coefficient (Wildman–Crippen LogP) is 4.50. The summed E-state index contributed by atoms with van der Waals surface area (Å²) >= 11 is 0. The molecule has 1 aliphatic rings. The van der Waals surface area contributed by atoms with E-state index in [2.05, 4.69) is 29.2 Å². The van der Waals surface area contributed by atoms with Gasteiger partial charge in [-0.25, -0.2) is 0 Å². The van der Waals surface area contributed by atoms with Crippen molar-refractivity contribution < 1.29 is 4.79 Å². The maximum atomic E-state index is 12.2. The SMILES string of the molecule is NC(=O)C1c2ccccc2-c2c(-c3cnc4ccccc4c3)cccc21. The number of aromatic nitrogens is 1. The number of amides is 1. The van der Waals surface area contributed by atoms with Gasteiger partial charge in [-0.15, -0.1) is 0 Å². The second kappa shape index (κ2) is 5.53. The van der Waals surface area contributed by atoms with Gasteiger partial charge in [0.05, 0.1) is 11.4 Å². The topological polar surface area (TPSA) is 56.0 Å². The number of para-hydroxylation sites is 1. The van der Waals surface area contributed by atoms with Crippen LogP contribution >= 0.6 is 0 Å². The molecule has 3 nitrogen and oxygen atoms in total. The number of hydrogen-bond acceptors (Lipinski definition) is 2. The van der Waals surface area contributed by atoms with Crippen LogP contribution in [0.2, 0.25) is 0 Å². The van der Waals surface area contributed by atoms with E-state index in [0.717, 1.165) is 44.3 Å². The van der Waals surface area contributed by atoms with Crippen LogP contribution in [0.25, 0.3) is 33.2 Å². The molecular weight excluding hydrogens is 320 g/mol. The van der Waals surface area contributed by atoms with Gasteiger partial charge < -0.3 is 5.73 Å². The van der Waals surface area contributed by atoms with Crippen molar-refractivity contribution in [2.45, 2.75) is 5.92 Å². The van der Waals surface area contributed by atoms with Crippen molar-refractivity contribution >= 4 is 16.8 Å². The van der Waals surface area contributed by atoms with Crippen molar-refractivity contribution in [1.29, 1.82) is 0 Å². The molecule has 1 atom stereocenters. The summed E-state index contributed by atoms with van der Waals surface area (Å²) in [6, 6.07) is 24.3. The van der Waals surface area contributed by atoms with Crippen LogP contribution in [-0.2, 0) is 4.79 Å². The van der Waals surface area contributed by atoms with Gasteiger partial charge in [-0.05, 0) is 39.9 Å². The van der Waals surface area contributed by atoms with Crippen LogP contribution < -0.4 is 5.73 Å². The van der Waals surface area contributed by atoms with E-state index in [0.29, 0.717) is 0 Å². The highest BCUT2D eigenvalue weighted by Gasteiger charge is 2.33. The van der Waals surface area contributed by atoms with Crippen molar-refractivity contribution in [2.24, 2.45) is 5.73 Å². The molecule has 3 heteroatoms. The molecule has 0 saturated carbocycles. The Kier molecular flexibility index (Phi) is 3.16. The first-order valence-electron chi connectivity index (χ1n) is 8.61. The predicted molar refractivity (Wildman–Crippen MR) is 104 cm³/mol. The van der Waals surface area contributed by atoms with E-state index in [1.807, 2.05) is 54.7 Å². The summed E-state index contributed by atoms with van der Waals surface area (Å²) in [4.78, 5) is 16.8. The number of hydrogen-bond donors (Lipinski definition) is 1. The van der Waals surface area contributed by atoms with Crippen molar-refractivity contribution in [1.82, 2.24) is 4.98 Å². The van der Waals surface area contributed by atoms with Gasteiger partial charge in [0, 0.05) is 17.1 Å². The molecule has 124 valence electrons. The van der Waals surface area contributed by atoms with Crippen LogP contribution in [0.15, 0.2) is 79.0 Å². The van der Waals surface area contributed by atoms with E-state index in [-0.39, 0.29) is 5.91 Å². The van der Waals surface area contributed by atoms with E-state index < -0.39 is 5.92 Å². The molecule has 0 radical (unpaired) electrons. The number of nitrogens with two attached hydrogens (primary N) is 1. The molecule has 1 heterocycles. The fraction of sp³-hybridized carbons (Fsp3) is 0.0435. The number of fused-ring (bicyclic) bond motifs is 4. The number of benzene rings is 3. The zero-order valence-electron chi connectivity index (χ0n) is 14.0. The first kappa shape index (κ1) is 14.8. The number of carbonyl (C=O) groups excluding carboxylic acids is 1. The standard InChI is InChI=1S/C23H16N2O/c24-23(26)22-18-8-3-2-7-17(18)21-16(9-5-10-19(21)22)15-12-14-6-1-4-11-20(14)25-13-15/h1-13,22H,(H2,24,26). The largest absolute Gasteiger partial charge is 0.369 e. The van der Waals surface area contributed by atoms with Crippen molar-refractivity contribution in [2.75, 3.05) is 0 Å². The van der Waals surface area contributed by atoms with Crippen LogP contribution in [0, 0.1) is 0 Å². The molecule has 5 rings (SSSR count). The van der Waals surface area contributed by atoms with Crippen LogP contribution in [0.5, 0.6) is 0 Å². The van der Waals surface area contributed by atoms with E-state index >= 15 is 0 Å². The van der Waals surface area contributed by atoms with Crippen molar-refractivity contribution in [3.63, 3.8) is 0 Å². The molecule has 1 aliphatic carbocycles. The second-order valence-corrected chi connectivity index (χ2v) is 6.61. The van der Waals surface area contributed by atoms with Crippen LogP contribution in [0.4, 0.5) is 0 Å². The summed E-state index contributed by atoms with van der Waals surface area (Å²) in [6.45, 7) is 0. The number of nitrogens with zero attached hydrogens (tertiary/aromatic N) is 1. The highest BCUT2D eigenvalue weighted by atomic mass is 16.1. The van der Waals surface area contributed by atoms with Gasteiger partial charge in [0.25, 0.3) is 0 Å². The minimum absolute atomic E-state index is 0.315. The fourth-order valence-corrected chi connectivity index (χ4v) is 4.02. The molecule has 0 fully saturated rings. The molecule has 1 amide bonds. The van der Waals surface area contributed by atoms with E-state index in [4.69, 9.17) is 5.73 Å². The lowest BCUT2D eigenvalue weighted by atomic mass is 9.93. The Morgan fingerprint density at radius 1 is 0.846 bits per heavy atom. The Hall–Kier alpha value is -3.46. The Morgan fingerprint density at radius 2 is 1.58 bits per heavy atom. The molecular formula is C23H16N2O. The Morgan fingerprint density at radius 3 is 2.46 bits per heavy atom. The molecule has 0 saturated heterocycles. The minimum Gasteiger partial charge on any atom is -0.369 e. The maximum Gasteiger partial charge on any atom is 0.229 e. The number of rotatable bonds is 2. The molecule has 26 heavy (non-hydrogen) atoms. The average molecular weight is 336 g/mol. The van der Waals surface area contributed by atoms with Crippen molar-refractivity contribution in [3.05, 3.63) is 90.1 Å². The van der Waals surface area contributed by atoms with Crippen molar-refractivity contribution in [3.8, 4) is 22.3 Å².